The number of hydrogen-bond donors (Lipinski definition) is 2. The number of nitrogens with zero attached hydrogens (tertiary/aromatic N) is 1. The van der Waals surface area contributed by atoms with Crippen LogP contribution in [0.25, 0.3) is 0 Å². The predicted molar refractivity (Wildman–Crippen MR) is 84.8 cm³/mol. The van der Waals surface area contributed by atoms with Crippen molar-refractivity contribution in [3.63, 3.8) is 0 Å². The summed E-state index contributed by atoms with van der Waals surface area (Å²) < 4.78 is 0. The van der Waals surface area contributed by atoms with Gasteiger partial charge in [-0.15, -0.1) is 0 Å². The van der Waals surface area contributed by atoms with E-state index >= 15 is 0 Å². The third-order valence-electron chi connectivity index (χ3n) is 3.15. The van der Waals surface area contributed by atoms with E-state index in [1.807, 2.05) is 36.5 Å². The van der Waals surface area contributed by atoms with E-state index in [1.165, 1.54) is 0 Å². The number of aromatic nitrogens is 1. The van der Waals surface area contributed by atoms with Crippen molar-refractivity contribution in [2.45, 2.75) is 39.3 Å². The van der Waals surface area contributed by atoms with E-state index in [-0.39, 0.29) is 11.6 Å². The molecule has 0 aliphatic carbocycles. The van der Waals surface area contributed by atoms with Gasteiger partial charge in [0.05, 0.1) is 6.04 Å². The molecule has 1 aromatic heterocycles. The van der Waals surface area contributed by atoms with Crippen molar-refractivity contribution in [2.75, 3.05) is 5.32 Å². The van der Waals surface area contributed by atoms with Crippen LogP contribution in [-0.2, 0) is 0 Å². The second-order valence-corrected chi connectivity index (χ2v) is 6.19. The van der Waals surface area contributed by atoms with Crippen molar-refractivity contribution in [1.29, 1.82) is 0 Å². The first-order chi connectivity index (χ1) is 9.37. The smallest absolute Gasteiger partial charge is 0.126 e. The minimum atomic E-state index is -0.132. The standard InChI is InChI=1S/C17H23N3/c1-12-10-15(20-17(2,3)4)19-11-14(12)16(18)13-8-6-5-7-9-13/h5-11,16H,18H2,1-4H3,(H,19,20). The van der Waals surface area contributed by atoms with Gasteiger partial charge >= 0.3 is 0 Å². The minimum absolute atomic E-state index is 0.00248. The maximum atomic E-state index is 6.33. The molecule has 1 unspecified atom stereocenters. The number of rotatable bonds is 3. The molecule has 0 amide bonds. The molecule has 0 aliphatic rings. The molecule has 106 valence electrons. The summed E-state index contributed by atoms with van der Waals surface area (Å²) in [5.41, 5.74) is 9.66. The van der Waals surface area contributed by atoms with Crippen molar-refractivity contribution in [3.8, 4) is 0 Å². The molecule has 3 N–H and O–H groups in total. The monoisotopic (exact) mass is 269 g/mol. The second-order valence-electron chi connectivity index (χ2n) is 6.19. The fourth-order valence-corrected chi connectivity index (χ4v) is 2.18. The van der Waals surface area contributed by atoms with Crippen LogP contribution in [0.3, 0.4) is 0 Å². The molecule has 2 aromatic rings. The summed E-state index contributed by atoms with van der Waals surface area (Å²) in [5, 5.41) is 3.38. The highest BCUT2D eigenvalue weighted by atomic mass is 15.0. The Labute approximate surface area is 121 Å². The lowest BCUT2D eigenvalue weighted by Gasteiger charge is -2.22. The van der Waals surface area contributed by atoms with Crippen LogP contribution < -0.4 is 11.1 Å². The molecule has 3 nitrogen and oxygen atoms in total. The number of anilines is 1. The largest absolute Gasteiger partial charge is 0.365 e. The lowest BCUT2D eigenvalue weighted by atomic mass is 9.97. The van der Waals surface area contributed by atoms with Crippen LogP contribution in [0.1, 0.15) is 43.5 Å². The molecule has 20 heavy (non-hydrogen) atoms. The summed E-state index contributed by atoms with van der Waals surface area (Å²) in [5.74, 6) is 0.888. The van der Waals surface area contributed by atoms with Crippen LogP contribution in [0.4, 0.5) is 5.82 Å². The number of nitrogens with two attached hydrogens (primary N) is 1. The highest BCUT2D eigenvalue weighted by Crippen LogP contribution is 2.24. The molecule has 0 fully saturated rings. The average molecular weight is 269 g/mol. The van der Waals surface area contributed by atoms with Crippen LogP contribution in [0, 0.1) is 6.92 Å². The van der Waals surface area contributed by atoms with Crippen molar-refractivity contribution in [3.05, 3.63) is 59.3 Å². The van der Waals surface area contributed by atoms with Crippen molar-refractivity contribution in [1.82, 2.24) is 4.98 Å². The summed E-state index contributed by atoms with van der Waals surface area (Å²) >= 11 is 0. The molecule has 1 heterocycles. The maximum Gasteiger partial charge on any atom is 0.126 e. The Morgan fingerprint density at radius 2 is 1.80 bits per heavy atom. The Balaban J connectivity index is 2.26. The van der Waals surface area contributed by atoms with Gasteiger partial charge in [-0.25, -0.2) is 4.98 Å². The van der Waals surface area contributed by atoms with E-state index in [2.05, 4.69) is 44.1 Å². The highest BCUT2D eigenvalue weighted by molar-refractivity contribution is 5.45. The Morgan fingerprint density at radius 1 is 1.15 bits per heavy atom. The quantitative estimate of drug-likeness (QED) is 0.894. The number of benzene rings is 1. The zero-order valence-electron chi connectivity index (χ0n) is 12.6. The van der Waals surface area contributed by atoms with Gasteiger partial charge < -0.3 is 11.1 Å². The van der Waals surface area contributed by atoms with E-state index in [0.29, 0.717) is 0 Å². The van der Waals surface area contributed by atoms with E-state index in [0.717, 1.165) is 22.5 Å². The third-order valence-corrected chi connectivity index (χ3v) is 3.15. The molecule has 1 aromatic carbocycles. The lowest BCUT2D eigenvalue weighted by molar-refractivity contribution is 0.630. The number of hydrogen-bond acceptors (Lipinski definition) is 3. The van der Waals surface area contributed by atoms with E-state index in [1.54, 1.807) is 0 Å². The average Bonchev–Trinajstić information content (AvgIpc) is 2.37. The van der Waals surface area contributed by atoms with Gasteiger partial charge in [-0.2, -0.15) is 0 Å². The van der Waals surface area contributed by atoms with Crippen LogP contribution in [0.5, 0.6) is 0 Å². The van der Waals surface area contributed by atoms with E-state index in [4.69, 9.17) is 5.73 Å². The zero-order chi connectivity index (χ0) is 14.8. The summed E-state index contributed by atoms with van der Waals surface area (Å²) in [4.78, 5) is 4.48. The second kappa shape index (κ2) is 5.63. The Kier molecular flexibility index (Phi) is 4.09. The fraction of sp³-hybridized carbons (Fsp3) is 0.353. The van der Waals surface area contributed by atoms with Gasteiger partial charge in [0.15, 0.2) is 0 Å². The van der Waals surface area contributed by atoms with Gasteiger partial charge in [0.2, 0.25) is 0 Å². The molecule has 1 atom stereocenters. The van der Waals surface area contributed by atoms with Gasteiger partial charge in [0.25, 0.3) is 0 Å². The van der Waals surface area contributed by atoms with Gasteiger partial charge in [0, 0.05) is 11.7 Å². The van der Waals surface area contributed by atoms with Crippen LogP contribution in [0.15, 0.2) is 42.6 Å². The molecule has 0 spiro atoms. The van der Waals surface area contributed by atoms with Crippen molar-refractivity contribution < 1.29 is 0 Å². The lowest BCUT2D eigenvalue weighted by Crippen LogP contribution is -2.27. The number of aryl methyl sites for hydroxylation is 1. The first-order valence-corrected chi connectivity index (χ1v) is 6.92. The first-order valence-electron chi connectivity index (χ1n) is 6.92. The summed E-state index contributed by atoms with van der Waals surface area (Å²) in [6.07, 6.45) is 1.88. The summed E-state index contributed by atoms with van der Waals surface area (Å²) in [6.45, 7) is 8.43. The maximum absolute atomic E-state index is 6.33. The van der Waals surface area contributed by atoms with E-state index in [9.17, 15) is 0 Å². The molecule has 0 saturated heterocycles. The van der Waals surface area contributed by atoms with Crippen molar-refractivity contribution >= 4 is 5.82 Å². The topological polar surface area (TPSA) is 50.9 Å². The number of pyridine rings is 1. The zero-order valence-corrected chi connectivity index (χ0v) is 12.6. The van der Waals surface area contributed by atoms with Gasteiger partial charge in [0.1, 0.15) is 5.82 Å². The molecule has 0 saturated carbocycles. The Hall–Kier alpha value is -1.87. The van der Waals surface area contributed by atoms with Crippen LogP contribution in [-0.4, -0.2) is 10.5 Å². The molecule has 2 rings (SSSR count). The predicted octanol–water partition coefficient (Wildman–Crippen LogP) is 3.65. The molecule has 0 aliphatic heterocycles. The van der Waals surface area contributed by atoms with E-state index < -0.39 is 0 Å². The van der Waals surface area contributed by atoms with Gasteiger partial charge in [-0.05, 0) is 50.5 Å². The van der Waals surface area contributed by atoms with Gasteiger partial charge in [-0.3, -0.25) is 0 Å². The highest BCUT2D eigenvalue weighted by Gasteiger charge is 2.14. The SMILES string of the molecule is Cc1cc(NC(C)(C)C)ncc1C(N)c1ccccc1. The number of nitrogens with one attached hydrogen (secondary N) is 1. The molecule has 0 bridgehead atoms. The fourth-order valence-electron chi connectivity index (χ4n) is 2.18. The minimum Gasteiger partial charge on any atom is -0.365 e. The molecular formula is C17H23N3. The normalized spacial score (nSPS) is 13.1. The molecule has 3 heteroatoms. The Bertz CT molecular complexity index is 571. The summed E-state index contributed by atoms with van der Waals surface area (Å²) in [7, 11) is 0. The van der Waals surface area contributed by atoms with Crippen LogP contribution in [0.2, 0.25) is 0 Å². The Morgan fingerprint density at radius 3 is 2.35 bits per heavy atom. The molecular weight excluding hydrogens is 246 g/mol. The summed E-state index contributed by atoms with van der Waals surface area (Å²) in [6, 6.07) is 12.0. The first kappa shape index (κ1) is 14.5. The molecule has 0 radical (unpaired) electrons. The van der Waals surface area contributed by atoms with Crippen molar-refractivity contribution in [2.24, 2.45) is 5.73 Å². The van der Waals surface area contributed by atoms with Crippen LogP contribution >= 0.6 is 0 Å². The van der Waals surface area contributed by atoms with Gasteiger partial charge in [-0.1, -0.05) is 30.3 Å². The third kappa shape index (κ3) is 3.58.